The lowest BCUT2D eigenvalue weighted by Crippen LogP contribution is -2.22. The Morgan fingerprint density at radius 1 is 1.08 bits per heavy atom. The maximum Gasteiger partial charge on any atom is 0.306 e. The van der Waals surface area contributed by atoms with Gasteiger partial charge in [0.2, 0.25) is 11.8 Å². The molecule has 0 aliphatic carbocycles. The van der Waals surface area contributed by atoms with Crippen LogP contribution in [0.25, 0.3) is 11.1 Å². The zero-order valence-corrected chi connectivity index (χ0v) is 21.7. The smallest absolute Gasteiger partial charge is 0.306 e. The fraction of sp³-hybridized carbons (Fsp3) is 0.321. The number of rotatable bonds is 14. The molecule has 1 heterocycles. The molecule has 0 saturated carbocycles. The van der Waals surface area contributed by atoms with Crippen LogP contribution in [0.3, 0.4) is 0 Å². The lowest BCUT2D eigenvalue weighted by atomic mass is 10.0. The third-order valence-electron chi connectivity index (χ3n) is 5.41. The quantitative estimate of drug-likeness (QED) is 0.269. The van der Waals surface area contributed by atoms with Crippen LogP contribution in [0.1, 0.15) is 43.9 Å². The number of nitrogens with one attached hydrogen (secondary N) is 1. The number of aromatic nitrogens is 1. The van der Waals surface area contributed by atoms with Gasteiger partial charge in [-0.15, -0.1) is 0 Å². The minimum atomic E-state index is -0.909. The monoisotopic (exact) mass is 526 g/mol. The van der Waals surface area contributed by atoms with Crippen LogP contribution in [0.5, 0.6) is 11.6 Å². The second kappa shape index (κ2) is 14.2. The van der Waals surface area contributed by atoms with Crippen LogP contribution in [0.2, 0.25) is 5.02 Å². The van der Waals surface area contributed by atoms with Crippen molar-refractivity contribution in [1.82, 2.24) is 10.3 Å². The molecule has 0 radical (unpaired) electrons. The highest BCUT2D eigenvalue weighted by Crippen LogP contribution is 2.30. The average molecular weight is 527 g/mol. The van der Waals surface area contributed by atoms with E-state index in [9.17, 15) is 9.59 Å². The minimum Gasteiger partial charge on any atom is -0.489 e. The predicted molar refractivity (Wildman–Crippen MR) is 141 cm³/mol. The van der Waals surface area contributed by atoms with Gasteiger partial charge in [-0.2, -0.15) is 0 Å². The van der Waals surface area contributed by atoms with Gasteiger partial charge in [0.25, 0.3) is 0 Å². The number of amides is 1. The number of halogens is 1. The van der Waals surface area contributed by atoms with Gasteiger partial charge in [-0.05, 0) is 54.8 Å². The first-order valence-electron chi connectivity index (χ1n) is 12.0. The Balaban J connectivity index is 1.59. The van der Waals surface area contributed by atoms with Crippen molar-refractivity contribution in [2.75, 3.05) is 19.8 Å². The van der Waals surface area contributed by atoms with E-state index in [0.29, 0.717) is 49.4 Å². The zero-order chi connectivity index (χ0) is 26.6. The molecule has 0 aliphatic heterocycles. The van der Waals surface area contributed by atoms with Crippen LogP contribution >= 0.6 is 11.6 Å². The highest BCUT2D eigenvalue weighted by molar-refractivity contribution is 6.33. The Bertz CT molecular complexity index is 1170. The summed E-state index contributed by atoms with van der Waals surface area (Å²) in [4.78, 5) is 26.4. The molecular formula is C28H31ClN2O6. The summed E-state index contributed by atoms with van der Waals surface area (Å²) in [5, 5.41) is 12.4. The summed E-state index contributed by atoms with van der Waals surface area (Å²) >= 11 is 6.45. The largest absolute Gasteiger partial charge is 0.489 e. The molecule has 196 valence electrons. The highest BCUT2D eigenvalue weighted by atomic mass is 35.5. The van der Waals surface area contributed by atoms with E-state index >= 15 is 0 Å². The molecule has 37 heavy (non-hydrogen) atoms. The molecule has 3 aromatic rings. The van der Waals surface area contributed by atoms with Gasteiger partial charge in [-0.3, -0.25) is 9.59 Å². The Morgan fingerprint density at radius 3 is 2.51 bits per heavy atom. The summed E-state index contributed by atoms with van der Waals surface area (Å²) in [5.41, 5.74) is 3.40. The van der Waals surface area contributed by atoms with Gasteiger partial charge in [-0.1, -0.05) is 29.8 Å². The van der Waals surface area contributed by atoms with Gasteiger partial charge in [0.15, 0.2) is 0 Å². The van der Waals surface area contributed by atoms with E-state index in [4.69, 9.17) is 30.9 Å². The van der Waals surface area contributed by atoms with Gasteiger partial charge in [0, 0.05) is 48.5 Å². The molecule has 0 aliphatic rings. The molecular weight excluding hydrogens is 496 g/mol. The molecule has 3 rings (SSSR count). The molecule has 1 aromatic heterocycles. The SMILES string of the molecule is CCO[C@@H](CC(=O)O)c1ccc(OCc2ccc(Cl)c(-c3ccc(OCCCNC(C)=O)nc3)c2)cc1. The van der Waals surface area contributed by atoms with Crippen molar-refractivity contribution in [3.8, 4) is 22.8 Å². The van der Waals surface area contributed by atoms with Crippen LogP contribution in [0.15, 0.2) is 60.8 Å². The number of aliphatic carboxylic acids is 1. The van der Waals surface area contributed by atoms with Gasteiger partial charge in [-0.25, -0.2) is 4.98 Å². The van der Waals surface area contributed by atoms with E-state index in [2.05, 4.69) is 10.3 Å². The first kappa shape index (κ1) is 28.0. The molecule has 0 saturated heterocycles. The molecule has 0 fully saturated rings. The molecule has 0 unspecified atom stereocenters. The molecule has 2 N–H and O–H groups in total. The number of hydrogen-bond donors (Lipinski definition) is 2. The van der Waals surface area contributed by atoms with Crippen LogP contribution < -0.4 is 14.8 Å². The van der Waals surface area contributed by atoms with E-state index in [1.165, 1.54) is 6.92 Å². The fourth-order valence-corrected chi connectivity index (χ4v) is 3.83. The van der Waals surface area contributed by atoms with Crippen molar-refractivity contribution >= 4 is 23.5 Å². The highest BCUT2D eigenvalue weighted by Gasteiger charge is 2.16. The first-order chi connectivity index (χ1) is 17.9. The number of carboxylic acids is 1. The zero-order valence-electron chi connectivity index (χ0n) is 20.9. The van der Waals surface area contributed by atoms with Crippen LogP contribution in [0.4, 0.5) is 0 Å². The normalized spacial score (nSPS) is 11.5. The number of carboxylic acid groups (broad SMARTS) is 1. The number of carbonyl (C=O) groups is 2. The molecule has 0 spiro atoms. The fourth-order valence-electron chi connectivity index (χ4n) is 3.60. The second-order valence-corrected chi connectivity index (χ2v) is 8.69. The average Bonchev–Trinajstić information content (AvgIpc) is 2.88. The van der Waals surface area contributed by atoms with Crippen LogP contribution in [-0.2, 0) is 20.9 Å². The van der Waals surface area contributed by atoms with Crippen molar-refractivity contribution in [3.05, 3.63) is 76.9 Å². The molecule has 0 bridgehead atoms. The van der Waals surface area contributed by atoms with E-state index in [1.54, 1.807) is 24.4 Å². The summed E-state index contributed by atoms with van der Waals surface area (Å²) in [6, 6.07) is 16.6. The van der Waals surface area contributed by atoms with E-state index < -0.39 is 12.1 Å². The summed E-state index contributed by atoms with van der Waals surface area (Å²) < 4.78 is 17.1. The lowest BCUT2D eigenvalue weighted by Gasteiger charge is -2.16. The number of ether oxygens (including phenoxy) is 3. The van der Waals surface area contributed by atoms with Gasteiger partial charge < -0.3 is 24.6 Å². The van der Waals surface area contributed by atoms with E-state index in [0.717, 1.165) is 22.3 Å². The molecule has 1 atom stereocenters. The predicted octanol–water partition coefficient (Wildman–Crippen LogP) is 5.44. The Kier molecular flexibility index (Phi) is 10.7. The van der Waals surface area contributed by atoms with Crippen molar-refractivity contribution in [1.29, 1.82) is 0 Å². The summed E-state index contributed by atoms with van der Waals surface area (Å²) in [7, 11) is 0. The van der Waals surface area contributed by atoms with Crippen molar-refractivity contribution in [2.24, 2.45) is 0 Å². The van der Waals surface area contributed by atoms with Gasteiger partial charge in [0.1, 0.15) is 12.4 Å². The number of pyridine rings is 1. The van der Waals surface area contributed by atoms with E-state index in [1.807, 2.05) is 43.3 Å². The van der Waals surface area contributed by atoms with Gasteiger partial charge in [0.05, 0.1) is 19.1 Å². The summed E-state index contributed by atoms with van der Waals surface area (Å²) in [6.45, 7) is 5.09. The Hall–Kier alpha value is -3.62. The lowest BCUT2D eigenvalue weighted by molar-refractivity contribution is -0.140. The maximum atomic E-state index is 11.1. The van der Waals surface area contributed by atoms with Crippen molar-refractivity contribution in [3.63, 3.8) is 0 Å². The topological polar surface area (TPSA) is 107 Å². The number of hydrogen-bond acceptors (Lipinski definition) is 6. The molecule has 8 nitrogen and oxygen atoms in total. The third-order valence-corrected chi connectivity index (χ3v) is 5.74. The maximum absolute atomic E-state index is 11.1. The van der Waals surface area contributed by atoms with Crippen molar-refractivity contribution < 1.29 is 28.9 Å². The van der Waals surface area contributed by atoms with Gasteiger partial charge >= 0.3 is 5.97 Å². The number of nitrogens with zero attached hydrogens (tertiary/aromatic N) is 1. The third kappa shape index (κ3) is 9.08. The van der Waals surface area contributed by atoms with Crippen LogP contribution in [0, 0.1) is 0 Å². The molecule has 2 aromatic carbocycles. The minimum absolute atomic E-state index is 0.0615. The molecule has 9 heteroatoms. The Morgan fingerprint density at radius 2 is 1.86 bits per heavy atom. The van der Waals surface area contributed by atoms with Crippen LogP contribution in [-0.4, -0.2) is 41.7 Å². The molecule has 1 amide bonds. The number of benzene rings is 2. The number of carbonyl (C=O) groups excluding carboxylic acids is 1. The standard InChI is InChI=1S/C28H31ClN2O6/c1-3-35-26(16-28(33)34)21-6-9-23(10-7-21)37-18-20-5-11-25(29)24(15-20)22-8-12-27(31-17-22)36-14-4-13-30-19(2)32/h5-12,15,17,26H,3-4,13-14,16,18H2,1-2H3,(H,30,32)(H,33,34)/t26-/m0/s1. The van der Waals surface area contributed by atoms with Crippen molar-refractivity contribution in [2.45, 2.75) is 39.4 Å². The summed E-state index contributed by atoms with van der Waals surface area (Å²) in [6.07, 6.45) is 1.81. The first-order valence-corrected chi connectivity index (χ1v) is 12.4. The summed E-state index contributed by atoms with van der Waals surface area (Å²) in [5.74, 6) is 0.190. The van der Waals surface area contributed by atoms with E-state index in [-0.39, 0.29) is 12.3 Å². The Labute approximate surface area is 221 Å². The second-order valence-electron chi connectivity index (χ2n) is 8.28.